The Bertz CT molecular complexity index is 1450. The van der Waals surface area contributed by atoms with Crippen LogP contribution in [0.5, 0.6) is 5.75 Å². The van der Waals surface area contributed by atoms with Crippen molar-refractivity contribution in [2.75, 3.05) is 5.32 Å². The lowest BCUT2D eigenvalue weighted by atomic mass is 9.88. The number of anilines is 1. The van der Waals surface area contributed by atoms with E-state index in [2.05, 4.69) is 25.2 Å². The Labute approximate surface area is 179 Å². The summed E-state index contributed by atoms with van der Waals surface area (Å²) in [6.45, 7) is 6.19. The molecule has 0 fully saturated rings. The highest BCUT2D eigenvalue weighted by atomic mass is 16.5. The number of carbonyl (C=O) groups excluding carboxylic acids is 1. The molecule has 3 aromatic carbocycles. The Balaban J connectivity index is 1.63. The van der Waals surface area contributed by atoms with E-state index in [9.17, 15) is 9.59 Å². The summed E-state index contributed by atoms with van der Waals surface area (Å²) in [4.78, 5) is 25.3. The Morgan fingerprint density at radius 1 is 1.00 bits per heavy atom. The molecule has 1 aromatic heterocycles. The number of nitrogens with one attached hydrogen (secondary N) is 1. The third-order valence-corrected chi connectivity index (χ3v) is 5.50. The minimum atomic E-state index is -0.466. The number of rotatable bonds is 2. The zero-order valence-electron chi connectivity index (χ0n) is 17.5. The molecule has 0 amide bonds. The van der Waals surface area contributed by atoms with E-state index in [-0.39, 0.29) is 5.54 Å². The van der Waals surface area contributed by atoms with Crippen molar-refractivity contribution in [2.45, 2.75) is 26.3 Å². The molecule has 5 nitrogen and oxygen atoms in total. The fourth-order valence-electron chi connectivity index (χ4n) is 4.31. The van der Waals surface area contributed by atoms with Gasteiger partial charge in [0.15, 0.2) is 0 Å². The van der Waals surface area contributed by atoms with E-state index in [0.717, 1.165) is 27.6 Å². The molecule has 2 heterocycles. The Morgan fingerprint density at radius 3 is 2.52 bits per heavy atom. The molecule has 1 N–H and O–H groups in total. The van der Waals surface area contributed by atoms with Crippen LogP contribution in [0.3, 0.4) is 0 Å². The molecule has 0 saturated carbocycles. The van der Waals surface area contributed by atoms with E-state index in [1.54, 1.807) is 36.4 Å². The molecule has 1 aliphatic heterocycles. The summed E-state index contributed by atoms with van der Waals surface area (Å²) in [6, 6.07) is 17.8. The molecule has 5 heteroatoms. The van der Waals surface area contributed by atoms with E-state index in [4.69, 9.17) is 9.15 Å². The van der Waals surface area contributed by atoms with Crippen molar-refractivity contribution in [3.63, 3.8) is 0 Å². The Kier molecular flexibility index (Phi) is 4.22. The highest BCUT2D eigenvalue weighted by Gasteiger charge is 2.26. The minimum absolute atomic E-state index is 0.195. The van der Waals surface area contributed by atoms with Crippen molar-refractivity contribution in [1.29, 1.82) is 0 Å². The van der Waals surface area contributed by atoms with Crippen molar-refractivity contribution in [3.8, 4) is 5.75 Å². The lowest BCUT2D eigenvalue weighted by Crippen LogP contribution is -2.31. The van der Waals surface area contributed by atoms with Gasteiger partial charge in [-0.2, -0.15) is 0 Å². The minimum Gasteiger partial charge on any atom is -0.423 e. The fraction of sp³-hybridized carbons (Fsp3) is 0.154. The van der Waals surface area contributed by atoms with E-state index < -0.39 is 11.6 Å². The van der Waals surface area contributed by atoms with Gasteiger partial charge in [-0.25, -0.2) is 9.59 Å². The normalized spacial score (nSPS) is 14.6. The number of allylic oxidation sites excluding steroid dienone is 1. The van der Waals surface area contributed by atoms with Crippen LogP contribution in [0.15, 0.2) is 76.0 Å². The monoisotopic (exact) mass is 411 g/mol. The lowest BCUT2D eigenvalue weighted by Gasteiger charge is -2.31. The first-order chi connectivity index (χ1) is 14.8. The molecule has 0 unspecified atom stereocenters. The van der Waals surface area contributed by atoms with Crippen LogP contribution in [0.1, 0.15) is 36.7 Å². The van der Waals surface area contributed by atoms with Gasteiger partial charge in [-0.15, -0.1) is 0 Å². The maximum atomic E-state index is 13.0. The standard InChI is InChI=1S/C26H21NO4/c1-15-14-26(2,3)27-20-12-11-19-18-10-9-17(30-24(28)16-7-5-4-6-8-16)13-21(18)31-25(29)23(19)22(15)20/h4-14,27H,1-3H3. The summed E-state index contributed by atoms with van der Waals surface area (Å²) in [5.74, 6) is -0.145. The molecular weight excluding hydrogens is 390 g/mol. The van der Waals surface area contributed by atoms with Gasteiger partial charge in [-0.1, -0.05) is 30.3 Å². The number of hydrogen-bond donors (Lipinski definition) is 1. The second-order valence-corrected chi connectivity index (χ2v) is 8.39. The zero-order chi connectivity index (χ0) is 21.8. The van der Waals surface area contributed by atoms with Crippen molar-refractivity contribution in [2.24, 2.45) is 0 Å². The largest absolute Gasteiger partial charge is 0.423 e. The topological polar surface area (TPSA) is 68.5 Å². The number of fused-ring (bicyclic) bond motifs is 5. The van der Waals surface area contributed by atoms with Crippen molar-refractivity contribution >= 4 is 39.0 Å². The quantitative estimate of drug-likeness (QED) is 0.196. The van der Waals surface area contributed by atoms with Crippen LogP contribution in [0.2, 0.25) is 0 Å². The SMILES string of the molecule is CC1=CC(C)(C)Nc2ccc3c(c21)c(=O)oc1cc(OC(=O)c2ccccc2)ccc13. The van der Waals surface area contributed by atoms with E-state index in [0.29, 0.717) is 22.3 Å². The molecule has 0 radical (unpaired) electrons. The van der Waals surface area contributed by atoms with Crippen LogP contribution in [0, 0.1) is 0 Å². The molecule has 5 rings (SSSR count). The van der Waals surface area contributed by atoms with Crippen LogP contribution < -0.4 is 15.7 Å². The number of esters is 1. The first-order valence-corrected chi connectivity index (χ1v) is 10.1. The highest BCUT2D eigenvalue weighted by molar-refractivity contribution is 6.10. The number of carbonyl (C=O) groups is 1. The molecule has 31 heavy (non-hydrogen) atoms. The summed E-state index contributed by atoms with van der Waals surface area (Å²) in [5, 5.41) is 5.61. The smallest absolute Gasteiger partial charge is 0.344 e. The number of ether oxygens (including phenoxy) is 1. The van der Waals surface area contributed by atoms with Gasteiger partial charge in [0.2, 0.25) is 0 Å². The summed E-state index contributed by atoms with van der Waals surface area (Å²) < 4.78 is 11.1. The van der Waals surface area contributed by atoms with Gasteiger partial charge in [-0.05, 0) is 56.7 Å². The van der Waals surface area contributed by atoms with Crippen molar-refractivity contribution in [3.05, 3.63) is 88.3 Å². The van der Waals surface area contributed by atoms with Crippen LogP contribution in [0.25, 0.3) is 27.3 Å². The van der Waals surface area contributed by atoms with Gasteiger partial charge in [-0.3, -0.25) is 0 Å². The van der Waals surface area contributed by atoms with Crippen LogP contribution in [-0.4, -0.2) is 11.5 Å². The van der Waals surface area contributed by atoms with Crippen LogP contribution >= 0.6 is 0 Å². The van der Waals surface area contributed by atoms with Crippen molar-refractivity contribution < 1.29 is 13.9 Å². The molecule has 0 spiro atoms. The van der Waals surface area contributed by atoms with Crippen molar-refractivity contribution in [1.82, 2.24) is 0 Å². The molecule has 4 aromatic rings. The molecule has 0 atom stereocenters. The predicted molar refractivity (Wildman–Crippen MR) is 123 cm³/mol. The van der Waals surface area contributed by atoms with Gasteiger partial charge in [0.25, 0.3) is 0 Å². The average Bonchev–Trinajstić information content (AvgIpc) is 2.73. The fourth-order valence-corrected chi connectivity index (χ4v) is 4.31. The summed E-state index contributed by atoms with van der Waals surface area (Å²) in [7, 11) is 0. The molecule has 154 valence electrons. The Hall–Kier alpha value is -3.86. The first-order valence-electron chi connectivity index (χ1n) is 10.1. The third kappa shape index (κ3) is 3.28. The van der Waals surface area contributed by atoms with E-state index in [1.807, 2.05) is 31.2 Å². The van der Waals surface area contributed by atoms with Crippen LogP contribution in [-0.2, 0) is 0 Å². The predicted octanol–water partition coefficient (Wildman–Crippen LogP) is 5.77. The number of benzene rings is 3. The van der Waals surface area contributed by atoms with Gasteiger partial charge in [0.1, 0.15) is 11.3 Å². The molecule has 0 bridgehead atoms. The summed E-state index contributed by atoms with van der Waals surface area (Å²) in [5.41, 5.74) is 3.03. The van der Waals surface area contributed by atoms with Gasteiger partial charge >= 0.3 is 11.6 Å². The molecule has 1 aliphatic rings. The van der Waals surface area contributed by atoms with Gasteiger partial charge in [0, 0.05) is 28.1 Å². The lowest BCUT2D eigenvalue weighted by molar-refractivity contribution is 0.0735. The maximum absolute atomic E-state index is 13.0. The Morgan fingerprint density at radius 2 is 1.74 bits per heavy atom. The number of hydrogen-bond acceptors (Lipinski definition) is 5. The second-order valence-electron chi connectivity index (χ2n) is 8.39. The van der Waals surface area contributed by atoms with Gasteiger partial charge in [0.05, 0.1) is 16.5 Å². The summed E-state index contributed by atoms with van der Waals surface area (Å²) in [6.07, 6.45) is 2.12. The zero-order valence-corrected chi connectivity index (χ0v) is 17.5. The van der Waals surface area contributed by atoms with E-state index in [1.165, 1.54) is 0 Å². The third-order valence-electron chi connectivity index (χ3n) is 5.50. The molecular formula is C26H21NO4. The van der Waals surface area contributed by atoms with Crippen LogP contribution in [0.4, 0.5) is 5.69 Å². The maximum Gasteiger partial charge on any atom is 0.344 e. The highest BCUT2D eigenvalue weighted by Crippen LogP contribution is 2.39. The average molecular weight is 411 g/mol. The molecule has 0 saturated heterocycles. The van der Waals surface area contributed by atoms with E-state index >= 15 is 0 Å². The molecule has 0 aliphatic carbocycles. The first kappa shape index (κ1) is 19.1. The van der Waals surface area contributed by atoms with Gasteiger partial charge < -0.3 is 14.5 Å². The summed E-state index contributed by atoms with van der Waals surface area (Å²) >= 11 is 0. The second kappa shape index (κ2) is 6.84.